The number of esters is 1. The highest BCUT2D eigenvalue weighted by atomic mass is 16.5. The largest absolute Gasteiger partial charge is 0.452 e. The standard InChI is InChI=1S/C32H36N2O3/c1-32(2,3)23-16-13-21(14-17-23)19-22-15-18-26-29(25-11-7-8-12-27(25)34-30(22)26)31(36)37-20-28(35)33-24-9-5-4-6-10-24/h7-8,11-14,16-17,19,24H,4-6,9-10,15,18,20H2,1-3H3,(H,33,35). The summed E-state index contributed by atoms with van der Waals surface area (Å²) in [5, 5.41) is 3.80. The molecule has 5 nitrogen and oxygen atoms in total. The normalized spacial score (nSPS) is 17.1. The van der Waals surface area contributed by atoms with Crippen molar-refractivity contribution in [3.8, 4) is 0 Å². The zero-order valence-electron chi connectivity index (χ0n) is 22.1. The molecule has 0 aliphatic heterocycles. The van der Waals surface area contributed by atoms with Gasteiger partial charge in [-0.05, 0) is 65.5 Å². The summed E-state index contributed by atoms with van der Waals surface area (Å²) in [6.45, 7) is 6.37. The minimum Gasteiger partial charge on any atom is -0.452 e. The van der Waals surface area contributed by atoms with Crippen LogP contribution in [0.3, 0.4) is 0 Å². The first-order valence-corrected chi connectivity index (χ1v) is 13.5. The molecule has 0 radical (unpaired) electrons. The van der Waals surface area contributed by atoms with Crippen molar-refractivity contribution in [2.24, 2.45) is 0 Å². The number of fused-ring (bicyclic) bond motifs is 2. The smallest absolute Gasteiger partial charge is 0.339 e. The predicted octanol–water partition coefficient (Wildman–Crippen LogP) is 6.62. The van der Waals surface area contributed by atoms with Crippen LogP contribution in [0.5, 0.6) is 0 Å². The van der Waals surface area contributed by atoms with Gasteiger partial charge in [0.05, 0.1) is 16.8 Å². The Balaban J connectivity index is 1.40. The van der Waals surface area contributed by atoms with Crippen LogP contribution in [0.15, 0.2) is 48.5 Å². The van der Waals surface area contributed by atoms with Crippen LogP contribution in [0, 0.1) is 0 Å². The lowest BCUT2D eigenvalue weighted by atomic mass is 9.86. The molecule has 5 rings (SSSR count). The van der Waals surface area contributed by atoms with Crippen LogP contribution in [-0.4, -0.2) is 29.5 Å². The summed E-state index contributed by atoms with van der Waals surface area (Å²) in [4.78, 5) is 30.8. The van der Waals surface area contributed by atoms with Crippen LogP contribution in [0.1, 0.15) is 92.0 Å². The van der Waals surface area contributed by atoms with E-state index in [0.717, 1.165) is 71.8 Å². The van der Waals surface area contributed by atoms with Gasteiger partial charge in [0.1, 0.15) is 0 Å². The van der Waals surface area contributed by atoms with E-state index < -0.39 is 5.97 Å². The number of benzene rings is 2. The zero-order valence-corrected chi connectivity index (χ0v) is 22.1. The highest BCUT2D eigenvalue weighted by Gasteiger charge is 2.28. The first-order valence-electron chi connectivity index (χ1n) is 13.5. The number of nitrogens with one attached hydrogen (secondary N) is 1. The molecule has 1 aromatic heterocycles. The predicted molar refractivity (Wildman–Crippen MR) is 148 cm³/mol. The molecule has 0 spiro atoms. The maximum Gasteiger partial charge on any atom is 0.339 e. The number of hydrogen-bond acceptors (Lipinski definition) is 4. The van der Waals surface area contributed by atoms with Crippen molar-refractivity contribution in [2.45, 2.75) is 77.2 Å². The second kappa shape index (κ2) is 10.5. The summed E-state index contributed by atoms with van der Waals surface area (Å²) in [7, 11) is 0. The molecule has 37 heavy (non-hydrogen) atoms. The molecule has 0 bridgehead atoms. The van der Waals surface area contributed by atoms with Gasteiger partial charge < -0.3 is 10.1 Å². The number of carbonyl (C=O) groups excluding carboxylic acids is 2. The van der Waals surface area contributed by atoms with Crippen LogP contribution in [0.2, 0.25) is 0 Å². The third-order valence-corrected chi connectivity index (χ3v) is 7.57. The topological polar surface area (TPSA) is 68.3 Å². The Morgan fingerprint density at radius 2 is 1.73 bits per heavy atom. The number of nitrogens with zero attached hydrogens (tertiary/aromatic N) is 1. The first kappa shape index (κ1) is 25.2. The van der Waals surface area contributed by atoms with E-state index in [1.54, 1.807) is 0 Å². The molecule has 1 saturated carbocycles. The van der Waals surface area contributed by atoms with Gasteiger partial charge in [0.15, 0.2) is 6.61 Å². The molecule has 1 N–H and O–H groups in total. The Hall–Kier alpha value is -3.47. The van der Waals surface area contributed by atoms with E-state index in [1.807, 2.05) is 24.3 Å². The zero-order chi connectivity index (χ0) is 26.0. The van der Waals surface area contributed by atoms with Gasteiger partial charge in [-0.25, -0.2) is 9.78 Å². The summed E-state index contributed by atoms with van der Waals surface area (Å²) in [5.41, 5.74) is 6.71. The van der Waals surface area contributed by atoms with Crippen LogP contribution in [-0.2, 0) is 21.4 Å². The maximum absolute atomic E-state index is 13.4. The van der Waals surface area contributed by atoms with E-state index in [0.29, 0.717) is 5.56 Å². The fraction of sp³-hybridized carbons (Fsp3) is 0.406. The summed E-state index contributed by atoms with van der Waals surface area (Å²) < 4.78 is 5.57. The van der Waals surface area contributed by atoms with Crippen molar-refractivity contribution in [1.29, 1.82) is 0 Å². The number of hydrogen-bond donors (Lipinski definition) is 1. The molecule has 2 aliphatic rings. The Morgan fingerprint density at radius 1 is 1.00 bits per heavy atom. The highest BCUT2D eigenvalue weighted by Crippen LogP contribution is 2.38. The van der Waals surface area contributed by atoms with Crippen molar-refractivity contribution in [3.63, 3.8) is 0 Å². The number of ether oxygens (including phenoxy) is 1. The fourth-order valence-corrected chi connectivity index (χ4v) is 5.51. The average molecular weight is 497 g/mol. The Kier molecular flexibility index (Phi) is 7.14. The van der Waals surface area contributed by atoms with Crippen molar-refractivity contribution in [2.75, 3.05) is 6.61 Å². The lowest BCUT2D eigenvalue weighted by Crippen LogP contribution is -2.38. The Labute approximate surface area is 219 Å². The SMILES string of the molecule is CC(C)(C)c1ccc(C=C2CCc3c2nc2ccccc2c3C(=O)OCC(=O)NC2CCCCC2)cc1. The molecule has 1 fully saturated rings. The van der Waals surface area contributed by atoms with E-state index in [2.05, 4.69) is 56.4 Å². The van der Waals surface area contributed by atoms with Gasteiger partial charge in [-0.2, -0.15) is 0 Å². The number of pyridine rings is 1. The molecule has 192 valence electrons. The minimum absolute atomic E-state index is 0.106. The average Bonchev–Trinajstić information content (AvgIpc) is 3.28. The highest BCUT2D eigenvalue weighted by molar-refractivity contribution is 6.07. The molecule has 0 unspecified atom stereocenters. The summed E-state index contributed by atoms with van der Waals surface area (Å²) in [5.74, 6) is -0.682. The number of aromatic nitrogens is 1. The summed E-state index contributed by atoms with van der Waals surface area (Å²) in [6, 6.07) is 16.5. The van der Waals surface area contributed by atoms with Crippen molar-refractivity contribution >= 4 is 34.4 Å². The van der Waals surface area contributed by atoms with Crippen molar-refractivity contribution < 1.29 is 14.3 Å². The van der Waals surface area contributed by atoms with E-state index in [1.165, 1.54) is 12.0 Å². The number of carbonyl (C=O) groups is 2. The second-order valence-corrected chi connectivity index (χ2v) is 11.4. The van der Waals surface area contributed by atoms with E-state index in [9.17, 15) is 9.59 Å². The monoisotopic (exact) mass is 496 g/mol. The van der Waals surface area contributed by atoms with Gasteiger partial charge in [0, 0.05) is 11.4 Å². The maximum atomic E-state index is 13.4. The molecule has 5 heteroatoms. The van der Waals surface area contributed by atoms with E-state index >= 15 is 0 Å². The Morgan fingerprint density at radius 3 is 2.46 bits per heavy atom. The number of allylic oxidation sites excluding steroid dienone is 1. The van der Waals surface area contributed by atoms with Crippen LogP contribution >= 0.6 is 0 Å². The lowest BCUT2D eigenvalue weighted by Gasteiger charge is -2.22. The number of rotatable bonds is 5. The van der Waals surface area contributed by atoms with Crippen LogP contribution in [0.25, 0.3) is 22.6 Å². The van der Waals surface area contributed by atoms with Gasteiger partial charge in [-0.15, -0.1) is 0 Å². The molecular formula is C32H36N2O3. The van der Waals surface area contributed by atoms with Gasteiger partial charge in [-0.3, -0.25) is 4.79 Å². The summed E-state index contributed by atoms with van der Waals surface area (Å²) in [6.07, 6.45) is 9.19. The number of amides is 1. The third kappa shape index (κ3) is 5.61. The minimum atomic E-state index is -0.454. The molecule has 0 atom stereocenters. The second-order valence-electron chi connectivity index (χ2n) is 11.4. The van der Waals surface area contributed by atoms with Gasteiger partial charge >= 0.3 is 5.97 Å². The third-order valence-electron chi connectivity index (χ3n) is 7.57. The molecule has 0 saturated heterocycles. The number of para-hydroxylation sites is 1. The molecule has 1 heterocycles. The van der Waals surface area contributed by atoms with Crippen molar-refractivity contribution in [1.82, 2.24) is 10.3 Å². The van der Waals surface area contributed by atoms with Gasteiger partial charge in [0.25, 0.3) is 5.91 Å². The molecule has 2 aliphatic carbocycles. The molecule has 2 aromatic carbocycles. The first-order chi connectivity index (χ1) is 17.8. The van der Waals surface area contributed by atoms with Crippen molar-refractivity contribution in [3.05, 3.63) is 76.5 Å². The Bertz CT molecular complexity index is 1340. The quantitative estimate of drug-likeness (QED) is 0.403. The molecule has 1 amide bonds. The van der Waals surface area contributed by atoms with Gasteiger partial charge in [0.2, 0.25) is 0 Å². The van der Waals surface area contributed by atoms with E-state index in [-0.39, 0.29) is 24.0 Å². The van der Waals surface area contributed by atoms with Gasteiger partial charge in [-0.1, -0.05) is 82.5 Å². The fourth-order valence-electron chi connectivity index (χ4n) is 5.51. The van der Waals surface area contributed by atoms with Crippen LogP contribution in [0.4, 0.5) is 0 Å². The lowest BCUT2D eigenvalue weighted by molar-refractivity contribution is -0.125. The molecular weight excluding hydrogens is 460 g/mol. The molecule has 3 aromatic rings. The van der Waals surface area contributed by atoms with E-state index in [4.69, 9.17) is 9.72 Å². The van der Waals surface area contributed by atoms with Crippen LogP contribution < -0.4 is 5.32 Å². The summed E-state index contributed by atoms with van der Waals surface area (Å²) >= 11 is 0.